The number of amides is 1. The summed E-state index contributed by atoms with van der Waals surface area (Å²) in [6.07, 6.45) is 9.65. The lowest BCUT2D eigenvalue weighted by molar-refractivity contribution is -0.130. The minimum Gasteiger partial charge on any atom is -0.478 e. The first-order chi connectivity index (χ1) is 13.4. The molecule has 1 heterocycles. The summed E-state index contributed by atoms with van der Waals surface area (Å²) in [7, 11) is 0. The number of hydrogen-bond donors (Lipinski definition) is 2. The van der Waals surface area contributed by atoms with Crippen LogP contribution < -0.4 is 0 Å². The Kier molecular flexibility index (Phi) is 8.03. The van der Waals surface area contributed by atoms with E-state index in [4.69, 9.17) is 10.2 Å². The van der Waals surface area contributed by atoms with Crippen LogP contribution in [-0.2, 0) is 17.6 Å². The first-order valence-electron chi connectivity index (χ1n) is 10.3. The predicted molar refractivity (Wildman–Crippen MR) is 107 cm³/mol. The van der Waals surface area contributed by atoms with Gasteiger partial charge < -0.3 is 15.1 Å². The molecule has 2 N–H and O–H groups in total. The number of hydrogen-bond acceptors (Lipinski definition) is 3. The van der Waals surface area contributed by atoms with Gasteiger partial charge in [0, 0.05) is 19.0 Å². The summed E-state index contributed by atoms with van der Waals surface area (Å²) in [5.41, 5.74) is 1.30. The molecule has 6 nitrogen and oxygen atoms in total. The lowest BCUT2D eigenvalue weighted by Crippen LogP contribution is -2.37. The fourth-order valence-electron chi connectivity index (χ4n) is 4.30. The lowest BCUT2D eigenvalue weighted by atomic mass is 9.93. The van der Waals surface area contributed by atoms with Crippen molar-refractivity contribution >= 4 is 17.8 Å². The van der Waals surface area contributed by atoms with Crippen molar-refractivity contribution < 1.29 is 24.6 Å². The van der Waals surface area contributed by atoms with Crippen molar-refractivity contribution in [3.05, 3.63) is 34.4 Å². The van der Waals surface area contributed by atoms with Gasteiger partial charge in [0.25, 0.3) is 0 Å². The SMILES string of the molecule is CCc1ccc(C(=O)O)c(C(=O)O)c1CC.O=C1CCCN1C1CCCCC1. The topological polar surface area (TPSA) is 94.9 Å². The van der Waals surface area contributed by atoms with E-state index in [9.17, 15) is 14.4 Å². The van der Waals surface area contributed by atoms with Gasteiger partial charge in [-0.15, -0.1) is 0 Å². The zero-order chi connectivity index (χ0) is 20.7. The molecule has 0 atom stereocenters. The molecule has 1 aromatic carbocycles. The second-order valence-corrected chi connectivity index (χ2v) is 7.43. The number of aromatic carboxylic acids is 2. The predicted octanol–water partition coefficient (Wildman–Crippen LogP) is 4.15. The Morgan fingerprint density at radius 2 is 1.68 bits per heavy atom. The van der Waals surface area contributed by atoms with Crippen LogP contribution in [0.25, 0.3) is 0 Å². The summed E-state index contributed by atoms with van der Waals surface area (Å²) >= 11 is 0. The van der Waals surface area contributed by atoms with Crippen LogP contribution in [0.15, 0.2) is 12.1 Å². The molecule has 0 radical (unpaired) electrons. The van der Waals surface area contributed by atoms with Crippen LogP contribution in [0.2, 0.25) is 0 Å². The highest BCUT2D eigenvalue weighted by molar-refractivity contribution is 6.03. The molecule has 6 heteroatoms. The molecule has 1 saturated carbocycles. The highest BCUT2D eigenvalue weighted by Gasteiger charge is 2.28. The molecule has 1 aromatic rings. The average Bonchev–Trinajstić information content (AvgIpc) is 3.13. The third kappa shape index (κ3) is 5.12. The van der Waals surface area contributed by atoms with E-state index >= 15 is 0 Å². The van der Waals surface area contributed by atoms with Crippen LogP contribution >= 0.6 is 0 Å². The molecule has 154 valence electrons. The van der Waals surface area contributed by atoms with Crippen LogP contribution in [0.3, 0.4) is 0 Å². The van der Waals surface area contributed by atoms with Crippen molar-refractivity contribution in [2.75, 3.05) is 6.54 Å². The van der Waals surface area contributed by atoms with Gasteiger partial charge in [-0.3, -0.25) is 4.79 Å². The minimum absolute atomic E-state index is 0.0747. The number of likely N-dealkylation sites (tertiary alicyclic amines) is 1. The van der Waals surface area contributed by atoms with Gasteiger partial charge in [0.15, 0.2) is 0 Å². The molecule has 1 aliphatic carbocycles. The second-order valence-electron chi connectivity index (χ2n) is 7.43. The normalized spacial score (nSPS) is 17.2. The van der Waals surface area contributed by atoms with E-state index in [0.29, 0.717) is 30.4 Å². The van der Waals surface area contributed by atoms with E-state index in [1.165, 1.54) is 38.2 Å². The van der Waals surface area contributed by atoms with Gasteiger partial charge in [0.2, 0.25) is 5.91 Å². The second kappa shape index (κ2) is 10.2. The molecular formula is C22H31NO5. The third-order valence-electron chi connectivity index (χ3n) is 5.71. The maximum absolute atomic E-state index is 11.4. The zero-order valence-electron chi connectivity index (χ0n) is 16.9. The monoisotopic (exact) mass is 389 g/mol. The third-order valence-corrected chi connectivity index (χ3v) is 5.71. The number of benzene rings is 1. The van der Waals surface area contributed by atoms with Gasteiger partial charge in [-0.05, 0) is 49.3 Å². The highest BCUT2D eigenvalue weighted by atomic mass is 16.4. The fraction of sp³-hybridized carbons (Fsp3) is 0.591. The standard InChI is InChI=1S/C12H14O4.C10H17NO/c1-3-7-5-6-9(11(13)14)10(12(15)16)8(7)4-2;12-10-7-4-8-11(10)9-5-2-1-3-6-9/h5-6H,3-4H2,1-2H3,(H,13,14)(H,15,16);9H,1-8H2. The Bertz CT molecular complexity index is 722. The Morgan fingerprint density at radius 1 is 1.00 bits per heavy atom. The largest absolute Gasteiger partial charge is 0.478 e. The summed E-state index contributed by atoms with van der Waals surface area (Å²) in [6, 6.07) is 3.66. The maximum Gasteiger partial charge on any atom is 0.336 e. The van der Waals surface area contributed by atoms with Gasteiger partial charge in [0.05, 0.1) is 11.1 Å². The van der Waals surface area contributed by atoms with E-state index < -0.39 is 11.9 Å². The molecule has 0 unspecified atom stereocenters. The zero-order valence-corrected chi connectivity index (χ0v) is 16.9. The molecule has 1 aliphatic heterocycles. The van der Waals surface area contributed by atoms with Crippen molar-refractivity contribution in [3.8, 4) is 0 Å². The number of aryl methyl sites for hydroxylation is 1. The molecule has 1 saturated heterocycles. The van der Waals surface area contributed by atoms with Crippen LogP contribution in [0.4, 0.5) is 0 Å². The Labute approximate surface area is 166 Å². The highest BCUT2D eigenvalue weighted by Crippen LogP contribution is 2.26. The van der Waals surface area contributed by atoms with E-state index in [-0.39, 0.29) is 11.1 Å². The van der Waals surface area contributed by atoms with Crippen LogP contribution in [0.1, 0.15) is 90.6 Å². The molecule has 3 rings (SSSR count). The van der Waals surface area contributed by atoms with Crippen molar-refractivity contribution in [1.29, 1.82) is 0 Å². The minimum atomic E-state index is -1.20. The number of carbonyl (C=O) groups excluding carboxylic acids is 1. The summed E-state index contributed by atoms with van der Waals surface area (Å²) in [5, 5.41) is 18.0. The van der Waals surface area contributed by atoms with E-state index in [0.717, 1.165) is 24.9 Å². The van der Waals surface area contributed by atoms with E-state index in [1.54, 1.807) is 6.07 Å². The van der Waals surface area contributed by atoms with Gasteiger partial charge in [-0.1, -0.05) is 39.2 Å². The molecule has 28 heavy (non-hydrogen) atoms. The Balaban J connectivity index is 0.000000207. The number of carbonyl (C=O) groups is 3. The summed E-state index contributed by atoms with van der Waals surface area (Å²) in [6.45, 7) is 4.77. The first kappa shape index (κ1) is 21.9. The fourth-order valence-corrected chi connectivity index (χ4v) is 4.30. The lowest BCUT2D eigenvalue weighted by Gasteiger charge is -2.30. The van der Waals surface area contributed by atoms with Gasteiger partial charge in [0.1, 0.15) is 0 Å². The van der Waals surface area contributed by atoms with E-state index in [2.05, 4.69) is 4.90 Å². The molecule has 2 fully saturated rings. The van der Waals surface area contributed by atoms with Crippen molar-refractivity contribution in [2.45, 2.75) is 77.7 Å². The number of rotatable bonds is 5. The number of carboxylic acid groups (broad SMARTS) is 2. The molecule has 1 amide bonds. The summed E-state index contributed by atoms with van der Waals surface area (Å²) in [4.78, 5) is 35.6. The maximum atomic E-state index is 11.4. The summed E-state index contributed by atoms with van der Waals surface area (Å²) < 4.78 is 0. The van der Waals surface area contributed by atoms with E-state index in [1.807, 2.05) is 13.8 Å². The molecule has 0 aromatic heterocycles. The first-order valence-corrected chi connectivity index (χ1v) is 10.3. The molecule has 2 aliphatic rings. The average molecular weight is 389 g/mol. The Morgan fingerprint density at radius 3 is 2.14 bits per heavy atom. The molecular weight excluding hydrogens is 358 g/mol. The van der Waals surface area contributed by atoms with Gasteiger partial charge >= 0.3 is 11.9 Å². The quantitative estimate of drug-likeness (QED) is 0.789. The molecule has 0 spiro atoms. The van der Waals surface area contributed by atoms with Gasteiger partial charge in [-0.2, -0.15) is 0 Å². The smallest absolute Gasteiger partial charge is 0.336 e. The number of carboxylic acids is 2. The molecule has 0 bridgehead atoms. The van der Waals surface area contributed by atoms with Gasteiger partial charge in [-0.25, -0.2) is 9.59 Å². The number of nitrogens with zero attached hydrogens (tertiary/aromatic N) is 1. The summed E-state index contributed by atoms with van der Waals surface area (Å²) in [5.74, 6) is -1.97. The van der Waals surface area contributed by atoms with Crippen molar-refractivity contribution in [3.63, 3.8) is 0 Å². The van der Waals surface area contributed by atoms with Crippen LogP contribution in [0, 0.1) is 0 Å². The van der Waals surface area contributed by atoms with Crippen LogP contribution in [-0.4, -0.2) is 45.5 Å². The Hall–Kier alpha value is -2.37. The van der Waals surface area contributed by atoms with Crippen molar-refractivity contribution in [2.24, 2.45) is 0 Å². The van der Waals surface area contributed by atoms with Crippen molar-refractivity contribution in [1.82, 2.24) is 4.90 Å². The van der Waals surface area contributed by atoms with Crippen LogP contribution in [0.5, 0.6) is 0 Å².